The van der Waals surface area contributed by atoms with Gasteiger partial charge >= 0.3 is 0 Å². The van der Waals surface area contributed by atoms with Gasteiger partial charge in [0.1, 0.15) is 5.75 Å². The molecule has 0 aliphatic heterocycles. The maximum absolute atomic E-state index is 12.3. The highest BCUT2D eigenvalue weighted by molar-refractivity contribution is 7.98. The number of amides is 1. The Hall–Kier alpha value is -1.36. The van der Waals surface area contributed by atoms with Crippen molar-refractivity contribution in [1.29, 1.82) is 0 Å². The fraction of sp³-hybridized carbons (Fsp3) is 0.381. The van der Waals surface area contributed by atoms with E-state index >= 15 is 0 Å². The molecule has 2 aromatic carbocycles. The first-order valence-corrected chi connectivity index (χ1v) is 10.7. The third-order valence-electron chi connectivity index (χ3n) is 4.29. The van der Waals surface area contributed by atoms with Crippen molar-refractivity contribution in [2.24, 2.45) is 0 Å². The molecule has 0 bridgehead atoms. The molecule has 2 aromatic rings. The Morgan fingerprint density at radius 1 is 1.19 bits per heavy atom. The summed E-state index contributed by atoms with van der Waals surface area (Å²) >= 11 is 14.0. The molecule has 0 aliphatic carbocycles. The fourth-order valence-corrected chi connectivity index (χ4v) is 4.20. The molecule has 0 fully saturated rings. The summed E-state index contributed by atoms with van der Waals surface area (Å²) in [5.41, 5.74) is 4.27. The van der Waals surface area contributed by atoms with Crippen LogP contribution in [0.3, 0.4) is 0 Å². The van der Waals surface area contributed by atoms with Crippen LogP contribution in [0, 0.1) is 20.8 Å². The van der Waals surface area contributed by atoms with Gasteiger partial charge in [0.15, 0.2) is 6.10 Å². The van der Waals surface area contributed by atoms with E-state index in [0.717, 1.165) is 33.8 Å². The predicted octanol–water partition coefficient (Wildman–Crippen LogP) is 5.74. The van der Waals surface area contributed by atoms with Crippen molar-refractivity contribution in [3.05, 3.63) is 62.6 Å². The maximum Gasteiger partial charge on any atom is 0.260 e. The standard InChI is InChI=1S/C21H25Cl2NO2S/c1-13-10-14(2)15(3)20(11-13)26-16(4)21(25)24-8-9-27-12-17-18(22)6-5-7-19(17)23/h5-7,10-11,16H,8-9,12H2,1-4H3,(H,24,25)/t16-/m1/s1. The van der Waals surface area contributed by atoms with E-state index in [1.807, 2.05) is 45.0 Å². The van der Waals surface area contributed by atoms with Gasteiger partial charge in [0.05, 0.1) is 0 Å². The van der Waals surface area contributed by atoms with Crippen LogP contribution in [0.15, 0.2) is 30.3 Å². The van der Waals surface area contributed by atoms with Crippen LogP contribution in [0.1, 0.15) is 29.2 Å². The molecule has 0 saturated carbocycles. The number of thioether (sulfide) groups is 1. The number of rotatable bonds is 8. The lowest BCUT2D eigenvalue weighted by atomic mass is 10.1. The van der Waals surface area contributed by atoms with Crippen LogP contribution in [0.25, 0.3) is 0 Å². The highest BCUT2D eigenvalue weighted by Gasteiger charge is 2.16. The molecule has 3 nitrogen and oxygen atoms in total. The van der Waals surface area contributed by atoms with Crippen LogP contribution in [0.5, 0.6) is 5.75 Å². The molecule has 0 unspecified atom stereocenters. The van der Waals surface area contributed by atoms with Crippen LogP contribution >= 0.6 is 35.0 Å². The minimum absolute atomic E-state index is 0.120. The van der Waals surface area contributed by atoms with Crippen molar-refractivity contribution in [2.75, 3.05) is 12.3 Å². The predicted molar refractivity (Wildman–Crippen MR) is 116 cm³/mol. The second-order valence-corrected chi connectivity index (χ2v) is 8.43. The zero-order chi connectivity index (χ0) is 20.0. The van der Waals surface area contributed by atoms with E-state index in [2.05, 4.69) is 11.4 Å². The van der Waals surface area contributed by atoms with Crippen LogP contribution < -0.4 is 10.1 Å². The number of carbonyl (C=O) groups is 1. The van der Waals surface area contributed by atoms with Gasteiger partial charge in [0.2, 0.25) is 0 Å². The van der Waals surface area contributed by atoms with Crippen molar-refractivity contribution >= 4 is 40.9 Å². The largest absolute Gasteiger partial charge is 0.481 e. The van der Waals surface area contributed by atoms with Crippen LogP contribution in [-0.2, 0) is 10.5 Å². The molecule has 0 heterocycles. The van der Waals surface area contributed by atoms with Crippen molar-refractivity contribution in [3.8, 4) is 5.75 Å². The lowest BCUT2D eigenvalue weighted by Gasteiger charge is -2.18. The van der Waals surface area contributed by atoms with Gasteiger partial charge in [-0.05, 0) is 68.1 Å². The average molecular weight is 426 g/mol. The molecular weight excluding hydrogens is 401 g/mol. The molecule has 0 spiro atoms. The Balaban J connectivity index is 1.77. The highest BCUT2D eigenvalue weighted by Crippen LogP contribution is 2.28. The number of halogens is 2. The summed E-state index contributed by atoms with van der Waals surface area (Å²) in [7, 11) is 0. The average Bonchev–Trinajstić information content (AvgIpc) is 2.60. The van der Waals surface area contributed by atoms with Gasteiger partial charge in [-0.15, -0.1) is 0 Å². The summed E-state index contributed by atoms with van der Waals surface area (Å²) in [6.07, 6.45) is -0.548. The van der Waals surface area contributed by atoms with Crippen LogP contribution in [0.2, 0.25) is 10.0 Å². The fourth-order valence-electron chi connectivity index (χ4n) is 2.60. The molecule has 6 heteroatoms. The van der Waals surface area contributed by atoms with E-state index in [9.17, 15) is 4.79 Å². The molecule has 1 N–H and O–H groups in total. The minimum atomic E-state index is -0.548. The molecule has 1 amide bonds. The van der Waals surface area contributed by atoms with Gasteiger partial charge in [-0.1, -0.05) is 35.3 Å². The monoisotopic (exact) mass is 425 g/mol. The van der Waals surface area contributed by atoms with Crippen LogP contribution in [-0.4, -0.2) is 24.3 Å². The number of ether oxygens (including phenoxy) is 1. The van der Waals surface area contributed by atoms with E-state index < -0.39 is 6.10 Å². The van der Waals surface area contributed by atoms with Gasteiger partial charge in [0, 0.05) is 28.1 Å². The van der Waals surface area contributed by atoms with E-state index in [4.69, 9.17) is 27.9 Å². The van der Waals surface area contributed by atoms with Gasteiger partial charge in [-0.2, -0.15) is 11.8 Å². The molecule has 27 heavy (non-hydrogen) atoms. The first-order chi connectivity index (χ1) is 12.8. The smallest absolute Gasteiger partial charge is 0.260 e. The molecule has 0 saturated heterocycles. The summed E-state index contributed by atoms with van der Waals surface area (Å²) in [6.45, 7) is 8.40. The number of benzene rings is 2. The Morgan fingerprint density at radius 3 is 2.52 bits per heavy atom. The van der Waals surface area contributed by atoms with Crippen molar-refractivity contribution in [2.45, 2.75) is 39.6 Å². The van der Waals surface area contributed by atoms with E-state index in [0.29, 0.717) is 22.3 Å². The normalized spacial score (nSPS) is 11.9. The molecular formula is C21H25Cl2NO2S. The maximum atomic E-state index is 12.3. The van der Waals surface area contributed by atoms with E-state index in [1.165, 1.54) is 0 Å². The summed E-state index contributed by atoms with van der Waals surface area (Å²) in [4.78, 5) is 12.3. The van der Waals surface area contributed by atoms with Crippen molar-refractivity contribution in [1.82, 2.24) is 5.32 Å². The lowest BCUT2D eigenvalue weighted by Crippen LogP contribution is -2.37. The Kier molecular flexibility index (Phi) is 8.33. The number of hydrogen-bond donors (Lipinski definition) is 1. The first-order valence-electron chi connectivity index (χ1n) is 8.82. The minimum Gasteiger partial charge on any atom is -0.481 e. The van der Waals surface area contributed by atoms with E-state index in [1.54, 1.807) is 18.7 Å². The quantitative estimate of drug-likeness (QED) is 0.548. The third-order valence-corrected chi connectivity index (χ3v) is 5.98. The third kappa shape index (κ3) is 6.34. The Morgan fingerprint density at radius 2 is 1.85 bits per heavy atom. The zero-order valence-electron chi connectivity index (χ0n) is 16.1. The highest BCUT2D eigenvalue weighted by atomic mass is 35.5. The molecule has 1 atom stereocenters. The molecule has 0 radical (unpaired) electrons. The summed E-state index contributed by atoms with van der Waals surface area (Å²) < 4.78 is 5.87. The van der Waals surface area contributed by atoms with Crippen LogP contribution in [0.4, 0.5) is 0 Å². The molecule has 0 aromatic heterocycles. The lowest BCUT2D eigenvalue weighted by molar-refractivity contribution is -0.127. The number of aryl methyl sites for hydroxylation is 2. The summed E-state index contributed by atoms with van der Waals surface area (Å²) in [6, 6.07) is 9.57. The topological polar surface area (TPSA) is 38.3 Å². The first kappa shape index (κ1) is 21.9. The molecule has 146 valence electrons. The van der Waals surface area contributed by atoms with Gasteiger partial charge in [-0.25, -0.2) is 0 Å². The molecule has 0 aliphatic rings. The van der Waals surface area contributed by atoms with Crippen molar-refractivity contribution < 1.29 is 9.53 Å². The summed E-state index contributed by atoms with van der Waals surface area (Å²) in [5, 5.41) is 4.26. The second-order valence-electron chi connectivity index (χ2n) is 6.51. The second kappa shape index (κ2) is 10.3. The number of hydrogen-bond acceptors (Lipinski definition) is 3. The van der Waals surface area contributed by atoms with Gasteiger partial charge in [0.25, 0.3) is 5.91 Å². The molecule has 2 rings (SSSR count). The number of carbonyl (C=O) groups excluding carboxylic acids is 1. The van der Waals surface area contributed by atoms with Crippen molar-refractivity contribution in [3.63, 3.8) is 0 Å². The Bertz CT molecular complexity index is 791. The van der Waals surface area contributed by atoms with E-state index in [-0.39, 0.29) is 5.91 Å². The SMILES string of the molecule is Cc1cc(C)c(C)c(O[C@H](C)C(=O)NCCSCc2c(Cl)cccc2Cl)c1. The van der Waals surface area contributed by atoms with Gasteiger partial charge < -0.3 is 10.1 Å². The zero-order valence-corrected chi connectivity index (χ0v) is 18.4. The number of nitrogens with one attached hydrogen (secondary N) is 1. The van der Waals surface area contributed by atoms with Gasteiger partial charge in [-0.3, -0.25) is 4.79 Å². The summed E-state index contributed by atoms with van der Waals surface area (Å²) in [5.74, 6) is 2.12. The Labute approximate surface area is 175 Å².